The number of piperazine rings is 1. The average Bonchev–Trinajstić information content (AvgIpc) is 3.02. The predicted octanol–water partition coefficient (Wildman–Crippen LogP) is 2.99. The lowest BCUT2D eigenvalue weighted by Crippen LogP contribution is -2.46. The highest BCUT2D eigenvalue weighted by Crippen LogP contribution is 2.28. The zero-order valence-electron chi connectivity index (χ0n) is 14.8. The molecule has 0 bridgehead atoms. The van der Waals surface area contributed by atoms with Crippen molar-refractivity contribution in [2.75, 3.05) is 55.6 Å². The molecule has 2 saturated heterocycles. The van der Waals surface area contributed by atoms with E-state index in [-0.39, 0.29) is 18.9 Å². The summed E-state index contributed by atoms with van der Waals surface area (Å²) in [4.78, 5) is 20.4. The number of cyclic esters (lactones) is 1. The number of hydrogen-bond donors (Lipinski definition) is 0. The normalized spacial score (nSPS) is 20.8. The Morgan fingerprint density at radius 3 is 2.77 bits per heavy atom. The van der Waals surface area contributed by atoms with E-state index in [2.05, 4.69) is 21.8 Å². The van der Waals surface area contributed by atoms with Crippen molar-refractivity contribution in [1.29, 1.82) is 0 Å². The molecule has 1 amide bonds. The zero-order chi connectivity index (χ0) is 18.5. The number of nitrogens with zero attached hydrogens (tertiary/aromatic N) is 6. The molecule has 1 atom stereocenters. The summed E-state index contributed by atoms with van der Waals surface area (Å²) in [7, 11) is 0. The summed E-state index contributed by atoms with van der Waals surface area (Å²) in [5.41, 5.74) is 9.37. The van der Waals surface area contributed by atoms with Crippen LogP contribution in [0.1, 0.15) is 13.3 Å². The molecule has 0 radical (unpaired) electrons. The Kier molecular flexibility index (Phi) is 5.80. The van der Waals surface area contributed by atoms with Gasteiger partial charge in [-0.1, -0.05) is 12.0 Å². The molecule has 0 N–H and O–H groups in total. The van der Waals surface area contributed by atoms with Crippen LogP contribution in [0.25, 0.3) is 10.4 Å². The molecule has 8 nitrogen and oxygen atoms in total. The van der Waals surface area contributed by atoms with Crippen molar-refractivity contribution in [3.05, 3.63) is 34.5 Å². The first-order chi connectivity index (χ1) is 12.6. The van der Waals surface area contributed by atoms with Gasteiger partial charge >= 0.3 is 6.09 Å². The highest BCUT2D eigenvalue weighted by Gasteiger charge is 2.32. The number of anilines is 2. The first-order valence-electron chi connectivity index (χ1n) is 8.88. The van der Waals surface area contributed by atoms with Gasteiger partial charge in [0.05, 0.1) is 24.5 Å². The summed E-state index contributed by atoms with van der Waals surface area (Å²) < 4.78 is 19.8. The molecule has 0 saturated carbocycles. The maximum atomic E-state index is 14.7. The molecule has 0 aromatic heterocycles. The molecule has 0 aliphatic carbocycles. The number of carbonyl (C=O) groups excluding carboxylic acids is 1. The average molecular weight is 362 g/mol. The van der Waals surface area contributed by atoms with E-state index in [0.29, 0.717) is 11.4 Å². The van der Waals surface area contributed by atoms with Crippen molar-refractivity contribution in [1.82, 2.24) is 4.90 Å². The van der Waals surface area contributed by atoms with Crippen molar-refractivity contribution < 1.29 is 13.9 Å². The lowest BCUT2D eigenvalue weighted by atomic mass is 10.2. The minimum Gasteiger partial charge on any atom is -0.444 e. The van der Waals surface area contributed by atoms with Crippen molar-refractivity contribution in [3.8, 4) is 0 Å². The van der Waals surface area contributed by atoms with Gasteiger partial charge in [-0.25, -0.2) is 9.18 Å². The number of rotatable bonds is 6. The first-order valence-corrected chi connectivity index (χ1v) is 8.88. The van der Waals surface area contributed by atoms with Crippen LogP contribution in [0.15, 0.2) is 23.3 Å². The van der Waals surface area contributed by atoms with Gasteiger partial charge in [0, 0.05) is 31.1 Å². The van der Waals surface area contributed by atoms with Gasteiger partial charge in [-0.05, 0) is 36.7 Å². The van der Waals surface area contributed by atoms with E-state index in [9.17, 15) is 9.18 Å². The smallest absolute Gasteiger partial charge is 0.414 e. The fourth-order valence-corrected chi connectivity index (χ4v) is 3.40. The van der Waals surface area contributed by atoms with E-state index in [1.54, 1.807) is 12.1 Å². The molecule has 2 fully saturated rings. The van der Waals surface area contributed by atoms with Crippen LogP contribution in [0.3, 0.4) is 0 Å². The fourth-order valence-electron chi connectivity index (χ4n) is 3.40. The molecule has 26 heavy (non-hydrogen) atoms. The largest absolute Gasteiger partial charge is 0.444 e. The minimum absolute atomic E-state index is 0.0708. The van der Waals surface area contributed by atoms with E-state index >= 15 is 0 Å². The SMILES string of the molecule is CCCN1CCN(c2ccc(N3C[C@H](CN=[N+]=[N-])OC3=O)cc2F)CC1. The number of azide groups is 1. The molecule has 1 aromatic rings. The summed E-state index contributed by atoms with van der Waals surface area (Å²) in [6.07, 6.45) is 0.0617. The highest BCUT2D eigenvalue weighted by atomic mass is 19.1. The lowest BCUT2D eigenvalue weighted by Gasteiger charge is -2.36. The number of halogens is 1. The van der Waals surface area contributed by atoms with E-state index in [0.717, 1.165) is 39.1 Å². The van der Waals surface area contributed by atoms with Crippen LogP contribution in [-0.4, -0.2) is 62.9 Å². The van der Waals surface area contributed by atoms with Crippen molar-refractivity contribution in [2.24, 2.45) is 5.11 Å². The topological polar surface area (TPSA) is 84.8 Å². The summed E-state index contributed by atoms with van der Waals surface area (Å²) in [5, 5.41) is 3.42. The minimum atomic E-state index is -0.552. The summed E-state index contributed by atoms with van der Waals surface area (Å²) in [6.45, 7) is 6.97. The Morgan fingerprint density at radius 2 is 2.12 bits per heavy atom. The molecule has 3 rings (SSSR count). The van der Waals surface area contributed by atoms with Gasteiger partial charge < -0.3 is 9.64 Å². The van der Waals surface area contributed by atoms with Crippen LogP contribution in [-0.2, 0) is 4.74 Å². The molecule has 9 heteroatoms. The second kappa shape index (κ2) is 8.25. The number of ether oxygens (including phenoxy) is 1. The van der Waals surface area contributed by atoms with Crippen LogP contribution < -0.4 is 9.80 Å². The third-order valence-corrected chi connectivity index (χ3v) is 4.72. The summed E-state index contributed by atoms with van der Waals surface area (Å²) in [6, 6.07) is 4.81. The summed E-state index contributed by atoms with van der Waals surface area (Å²) >= 11 is 0. The van der Waals surface area contributed by atoms with E-state index in [1.807, 2.05) is 4.90 Å². The number of amides is 1. The molecular weight excluding hydrogens is 339 g/mol. The molecule has 0 unspecified atom stereocenters. The van der Waals surface area contributed by atoms with Crippen LogP contribution in [0.5, 0.6) is 0 Å². The van der Waals surface area contributed by atoms with Crippen LogP contribution in [0, 0.1) is 5.82 Å². The molecule has 2 heterocycles. The van der Waals surface area contributed by atoms with Gasteiger partial charge in [-0.3, -0.25) is 9.80 Å². The quantitative estimate of drug-likeness (QED) is 0.442. The van der Waals surface area contributed by atoms with Crippen molar-refractivity contribution in [2.45, 2.75) is 19.4 Å². The Bertz CT molecular complexity index is 700. The molecule has 2 aliphatic heterocycles. The molecule has 0 spiro atoms. The third-order valence-electron chi connectivity index (χ3n) is 4.72. The predicted molar refractivity (Wildman–Crippen MR) is 97.0 cm³/mol. The molecule has 1 aromatic carbocycles. The Morgan fingerprint density at radius 1 is 1.35 bits per heavy atom. The van der Waals surface area contributed by atoms with Crippen LogP contribution in [0.4, 0.5) is 20.6 Å². The molecule has 2 aliphatic rings. The van der Waals surface area contributed by atoms with Gasteiger partial charge in [0.1, 0.15) is 11.9 Å². The van der Waals surface area contributed by atoms with Gasteiger partial charge in [0.15, 0.2) is 0 Å². The summed E-state index contributed by atoms with van der Waals surface area (Å²) in [5.74, 6) is -0.349. The van der Waals surface area contributed by atoms with Gasteiger partial charge in [0.25, 0.3) is 0 Å². The Balaban J connectivity index is 1.66. The van der Waals surface area contributed by atoms with E-state index in [1.165, 1.54) is 11.0 Å². The number of carbonyl (C=O) groups is 1. The lowest BCUT2D eigenvalue weighted by molar-refractivity contribution is 0.145. The van der Waals surface area contributed by atoms with Crippen LogP contribution >= 0.6 is 0 Å². The second-order valence-corrected chi connectivity index (χ2v) is 6.49. The monoisotopic (exact) mass is 362 g/mol. The second-order valence-electron chi connectivity index (χ2n) is 6.49. The molecule has 140 valence electrons. The van der Waals surface area contributed by atoms with Gasteiger partial charge in [-0.15, -0.1) is 0 Å². The third kappa shape index (κ3) is 4.00. The fraction of sp³-hybridized carbons (Fsp3) is 0.588. The Hall–Kier alpha value is -2.51. The van der Waals surface area contributed by atoms with Gasteiger partial charge in [0.2, 0.25) is 0 Å². The number of benzene rings is 1. The van der Waals surface area contributed by atoms with Crippen LogP contribution in [0.2, 0.25) is 0 Å². The number of hydrogen-bond acceptors (Lipinski definition) is 5. The molecular formula is C17H23FN6O2. The standard InChI is InChI=1S/C17H23FN6O2/c1-2-5-22-6-8-23(9-7-22)16-4-3-13(10-15(16)18)24-12-14(11-20-21-19)26-17(24)25/h3-4,10,14H,2,5-9,11-12H2,1H3/t14-/m0/s1. The Labute approximate surface area is 151 Å². The first kappa shape index (κ1) is 18.3. The van der Waals surface area contributed by atoms with Crippen molar-refractivity contribution >= 4 is 17.5 Å². The maximum Gasteiger partial charge on any atom is 0.414 e. The van der Waals surface area contributed by atoms with E-state index < -0.39 is 12.2 Å². The van der Waals surface area contributed by atoms with Crippen molar-refractivity contribution in [3.63, 3.8) is 0 Å². The van der Waals surface area contributed by atoms with E-state index in [4.69, 9.17) is 10.3 Å². The maximum absolute atomic E-state index is 14.7. The zero-order valence-corrected chi connectivity index (χ0v) is 14.8. The van der Waals surface area contributed by atoms with Gasteiger partial charge in [-0.2, -0.15) is 0 Å². The highest BCUT2D eigenvalue weighted by molar-refractivity contribution is 5.90.